The first-order valence-corrected chi connectivity index (χ1v) is 23.2. The van der Waals surface area contributed by atoms with Gasteiger partial charge in [0.15, 0.2) is 18.4 Å². The van der Waals surface area contributed by atoms with Crippen LogP contribution in [0, 0.1) is 44.1 Å². The number of aliphatic hydroxyl groups is 2. The number of amides is 2. The quantitative estimate of drug-likeness (QED) is 0.0353. The third-order valence-electron chi connectivity index (χ3n) is 11.0. The molecule has 0 aromatic carbocycles. The molecule has 0 aliphatic carbocycles. The molecule has 3 rings (SSSR count). The van der Waals surface area contributed by atoms with Crippen molar-refractivity contribution in [2.45, 2.75) is 210 Å². The molecule has 3 saturated heterocycles. The molecule has 391 valence electrons. The van der Waals surface area contributed by atoms with Crippen molar-refractivity contribution < 1.29 is 134 Å². The Morgan fingerprint density at radius 2 is 1.09 bits per heavy atom. The van der Waals surface area contributed by atoms with E-state index in [-0.39, 0.29) is 76.0 Å². The monoisotopic (exact) mass is 1200 g/mol. The Labute approximate surface area is 428 Å². The number of halogens is 6. The number of hydrogen-bond acceptors (Lipinski definition) is 12. The largest absolute Gasteiger partial charge is 0.471 e. The number of unbranched alkanes of at least 4 members (excludes halogenated alkanes) is 14. The van der Waals surface area contributed by atoms with Crippen LogP contribution in [0.3, 0.4) is 0 Å². The van der Waals surface area contributed by atoms with E-state index in [2.05, 4.69) is 27.0 Å². The molecule has 67 heavy (non-hydrogen) atoms. The van der Waals surface area contributed by atoms with Crippen molar-refractivity contribution >= 4 is 11.8 Å². The topological polar surface area (TPSA) is 204 Å². The molecule has 0 aromatic heterocycles. The van der Waals surface area contributed by atoms with Gasteiger partial charge in [0.1, 0.15) is 48.7 Å². The van der Waals surface area contributed by atoms with Gasteiger partial charge < -0.3 is 64.2 Å². The summed E-state index contributed by atoms with van der Waals surface area (Å²) < 4.78 is 123. The number of rotatable bonds is 29. The van der Waals surface area contributed by atoms with E-state index >= 15 is 0 Å². The van der Waals surface area contributed by atoms with E-state index < -0.39 is 97.8 Å². The first-order chi connectivity index (χ1) is 30.8. The third kappa shape index (κ3) is 24.8. The van der Waals surface area contributed by atoms with Crippen LogP contribution in [-0.2, 0) is 47.5 Å². The second-order valence-electron chi connectivity index (χ2n) is 16.9. The number of ether oxygens (including phenoxy) is 8. The second kappa shape index (κ2) is 35.2. The van der Waals surface area contributed by atoms with Crippen molar-refractivity contribution in [3.05, 3.63) is 25.3 Å². The van der Waals surface area contributed by atoms with E-state index in [1.165, 1.54) is 63.5 Å². The summed E-state index contributed by atoms with van der Waals surface area (Å²) in [6, 6.07) is -2.64. The normalized spacial score (nSPS) is 26.9. The zero-order valence-electron chi connectivity index (χ0n) is 39.7. The van der Waals surface area contributed by atoms with Crippen LogP contribution >= 0.6 is 0 Å². The van der Waals surface area contributed by atoms with Crippen molar-refractivity contribution in [3.8, 4) is 0 Å². The maximum atomic E-state index is 13.1. The van der Waals surface area contributed by atoms with Crippen LogP contribution in [-0.4, -0.2) is 147 Å². The average molecular weight is 1200 g/mol. The van der Waals surface area contributed by atoms with Gasteiger partial charge in [-0.05, 0) is 26.7 Å². The van der Waals surface area contributed by atoms with Gasteiger partial charge in [0.25, 0.3) is 0 Å². The zero-order chi connectivity index (χ0) is 48.5. The summed E-state index contributed by atoms with van der Waals surface area (Å²) in [4.78, 5) is 23.3. The molecule has 1 radical (unpaired) electrons. The van der Waals surface area contributed by atoms with E-state index in [9.17, 15) is 46.1 Å². The third-order valence-corrected chi connectivity index (χ3v) is 11.0. The number of fused-ring (bicyclic) bond motifs is 1. The number of carbonyl (C=O) groups excluding carboxylic acids is 2. The number of nitrogens with one attached hydrogen (secondary N) is 2. The Kier molecular flexibility index (Phi) is 34.7. The number of alkyl halides is 6. The molecule has 0 saturated carbocycles. The van der Waals surface area contributed by atoms with E-state index in [4.69, 9.17) is 37.9 Å². The van der Waals surface area contributed by atoms with Crippen molar-refractivity contribution in [1.29, 1.82) is 0 Å². The standard InChI is InChI=1S/C24H40F3NO6.C21H36F3NO6.Ac.H2O/c1-5-7-8-9-10-11-12-13-15-30-20-18(28-22(29)24(25,26)27)21(31-14-6-2)33-17-16-32-23(3,4)34-19(17)20;1-3-5-6-7-8-9-10-11-13-29-18-16(25-20(28)21(22,23)24)19(30-12-4-2)31-15(14-26)17(18)27;;/h6,17-21H,2,5,7-16H2,1,3-4H3,(H,28,29);4,15-19,26-27H,2-3,5-14H2,1H3,(H,25,28);;1H2/t17-,18-,19-,20-,21+;15-,16-,17-,18-,19+;;/m11../s1. The predicted molar refractivity (Wildman–Crippen MR) is 232 cm³/mol. The molecule has 0 bridgehead atoms. The minimum Gasteiger partial charge on any atom is -0.412 e. The summed E-state index contributed by atoms with van der Waals surface area (Å²) in [5.41, 5.74) is 0. The van der Waals surface area contributed by atoms with Gasteiger partial charge in [0.05, 0.1) is 26.4 Å². The van der Waals surface area contributed by atoms with Crippen molar-refractivity contribution in [2.24, 2.45) is 0 Å². The number of hydrogen-bond donors (Lipinski definition) is 4. The summed E-state index contributed by atoms with van der Waals surface area (Å²) in [6.07, 6.45) is 1.27. The molecule has 6 N–H and O–H groups in total. The van der Waals surface area contributed by atoms with Crippen molar-refractivity contribution in [3.63, 3.8) is 0 Å². The molecule has 22 heteroatoms. The second-order valence-corrected chi connectivity index (χ2v) is 16.9. The zero-order valence-corrected chi connectivity index (χ0v) is 44.5. The molecule has 3 heterocycles. The first-order valence-electron chi connectivity index (χ1n) is 23.2. The van der Waals surface area contributed by atoms with Gasteiger partial charge in [-0.2, -0.15) is 26.3 Å². The molecule has 3 aliphatic rings. The van der Waals surface area contributed by atoms with Crippen LogP contribution < -0.4 is 10.6 Å². The fraction of sp³-hybridized carbons (Fsp3) is 0.867. The van der Waals surface area contributed by atoms with Gasteiger partial charge in [-0.3, -0.25) is 9.59 Å². The molecule has 0 unspecified atom stereocenters. The van der Waals surface area contributed by atoms with Crippen LogP contribution in [0.2, 0.25) is 0 Å². The van der Waals surface area contributed by atoms with Crippen molar-refractivity contribution in [1.82, 2.24) is 10.6 Å². The summed E-state index contributed by atoms with van der Waals surface area (Å²) >= 11 is 0. The molecule has 10 atom stereocenters. The van der Waals surface area contributed by atoms with E-state index in [1.807, 2.05) is 10.6 Å². The van der Waals surface area contributed by atoms with Gasteiger partial charge >= 0.3 is 24.2 Å². The van der Waals surface area contributed by atoms with E-state index in [0.29, 0.717) is 13.0 Å². The van der Waals surface area contributed by atoms with Gasteiger partial charge in [-0.1, -0.05) is 116 Å². The van der Waals surface area contributed by atoms with Crippen LogP contribution in [0.1, 0.15) is 130 Å². The minimum absolute atomic E-state index is 0. The molecule has 15 nitrogen and oxygen atoms in total. The molecule has 0 aromatic rings. The summed E-state index contributed by atoms with van der Waals surface area (Å²) in [6.45, 7) is 14.8. The van der Waals surface area contributed by atoms with Crippen LogP contribution in [0.4, 0.5) is 26.3 Å². The maximum Gasteiger partial charge on any atom is 0.471 e. The summed E-state index contributed by atoms with van der Waals surface area (Å²) in [5.74, 6) is -5.25. The Bertz CT molecular complexity index is 1360. The van der Waals surface area contributed by atoms with Gasteiger partial charge in [-0.25, -0.2) is 0 Å². The molecule has 3 fully saturated rings. The smallest absolute Gasteiger partial charge is 0.412 e. The Morgan fingerprint density at radius 3 is 1.51 bits per heavy atom. The predicted octanol–water partition coefficient (Wildman–Crippen LogP) is 6.65. The number of aliphatic hydroxyl groups excluding tert-OH is 2. The molecular formula is C45H78AcF6N2O13. The van der Waals surface area contributed by atoms with Crippen LogP contribution in [0.15, 0.2) is 25.3 Å². The molecule has 2 amide bonds. The van der Waals surface area contributed by atoms with Gasteiger partial charge in [0, 0.05) is 57.3 Å². The fourth-order valence-electron chi connectivity index (χ4n) is 7.58. The SMILES string of the molecule is C=CCO[C@H]1O[C@@H]2COC(C)(C)O[C@H]2[C@H](OCCCCCCCCCC)[C@H]1NC(=O)C(F)(F)F.C=CCO[C@H]1O[C@H](CO)[C@@H](O)[C@H](OCCCCCCCCCC)[C@H]1NC(=O)C(F)(F)F.O.[Ac]. The maximum absolute atomic E-state index is 13.1. The summed E-state index contributed by atoms with van der Waals surface area (Å²) in [7, 11) is 0. The molecule has 0 spiro atoms. The van der Waals surface area contributed by atoms with Crippen LogP contribution in [0.5, 0.6) is 0 Å². The van der Waals surface area contributed by atoms with Gasteiger partial charge in [0.2, 0.25) is 0 Å². The first kappa shape index (κ1) is 66.0. The van der Waals surface area contributed by atoms with Crippen LogP contribution in [0.25, 0.3) is 0 Å². The Morgan fingerprint density at radius 1 is 0.687 bits per heavy atom. The van der Waals surface area contributed by atoms with E-state index in [0.717, 1.165) is 44.9 Å². The Balaban J connectivity index is 0.00000127. The molecule has 3 aliphatic heterocycles. The molecular weight excluding hydrogens is 1120 g/mol. The Hall–Kier alpha value is -0.998. The average Bonchev–Trinajstić information content (AvgIpc) is 3.25. The fourth-order valence-corrected chi connectivity index (χ4v) is 7.58. The van der Waals surface area contributed by atoms with E-state index in [1.54, 1.807) is 13.8 Å². The van der Waals surface area contributed by atoms with Crippen molar-refractivity contribution in [2.75, 3.05) is 39.6 Å². The minimum atomic E-state index is -5.12. The number of carbonyl (C=O) groups is 2. The summed E-state index contributed by atoms with van der Waals surface area (Å²) in [5, 5.41) is 23.8. The van der Waals surface area contributed by atoms with Gasteiger partial charge in [-0.15, -0.1) is 13.2 Å².